The Hall–Kier alpha value is -3.08. The number of alkyl carbamates (subject to hydrolysis) is 1. The number of rotatable bonds is 5. The Bertz CT molecular complexity index is 1010. The van der Waals surface area contributed by atoms with Gasteiger partial charge >= 0.3 is 6.09 Å². The normalized spacial score (nSPS) is 14.5. The monoisotopic (exact) mass is 387 g/mol. The second kappa shape index (κ2) is 7.74. The first-order valence-corrected chi connectivity index (χ1v) is 10.4. The Labute approximate surface area is 170 Å². The van der Waals surface area contributed by atoms with Crippen molar-refractivity contribution in [3.8, 4) is 5.69 Å². The summed E-state index contributed by atoms with van der Waals surface area (Å²) in [5, 5.41) is 7.57. The first kappa shape index (κ1) is 18.0. The number of hydrogen-bond acceptors (Lipinski definition) is 3. The molecule has 0 atom stereocenters. The molecule has 1 aromatic heterocycles. The van der Waals surface area contributed by atoms with Crippen LogP contribution in [0.15, 0.2) is 48.7 Å². The van der Waals surface area contributed by atoms with Crippen LogP contribution in [-0.4, -0.2) is 15.9 Å². The van der Waals surface area contributed by atoms with Crippen LogP contribution in [0.25, 0.3) is 5.69 Å². The smallest absolute Gasteiger partial charge is 0.407 e. The highest BCUT2D eigenvalue weighted by atomic mass is 16.5. The summed E-state index contributed by atoms with van der Waals surface area (Å²) < 4.78 is 7.31. The molecule has 5 nitrogen and oxygen atoms in total. The van der Waals surface area contributed by atoms with E-state index in [9.17, 15) is 4.79 Å². The molecule has 29 heavy (non-hydrogen) atoms. The van der Waals surface area contributed by atoms with E-state index in [1.807, 2.05) is 47.3 Å². The predicted octanol–water partition coefficient (Wildman–Crippen LogP) is 4.28. The summed E-state index contributed by atoms with van der Waals surface area (Å²) in [5.41, 5.74) is 9.04. The second-order valence-corrected chi connectivity index (χ2v) is 7.87. The SMILES string of the molecule is O=C(NCc1ccn(-c2c3c(cc4c2CCC4)CCC3)n1)OCc1ccccc1. The number of nitrogens with zero attached hydrogens (tertiary/aromatic N) is 2. The van der Waals surface area contributed by atoms with Crippen molar-refractivity contribution in [1.82, 2.24) is 15.1 Å². The second-order valence-electron chi connectivity index (χ2n) is 7.87. The summed E-state index contributed by atoms with van der Waals surface area (Å²) in [6, 6.07) is 14.1. The van der Waals surface area contributed by atoms with Crippen LogP contribution in [0.4, 0.5) is 4.79 Å². The molecule has 0 spiro atoms. The lowest BCUT2D eigenvalue weighted by molar-refractivity contribution is 0.139. The summed E-state index contributed by atoms with van der Waals surface area (Å²) in [6.07, 6.45) is 8.69. The Morgan fingerprint density at radius 1 is 1.00 bits per heavy atom. The molecule has 0 unspecified atom stereocenters. The standard InChI is InChI=1S/C24H25N3O2/c28-24(29-16-17-6-2-1-3-7-17)25-15-20-12-13-27(26-20)23-21-10-4-8-18(21)14-19-9-5-11-22(19)23/h1-3,6-7,12-14H,4-5,8-11,15-16H2,(H,25,28). The molecular formula is C24H25N3O2. The zero-order valence-corrected chi connectivity index (χ0v) is 16.5. The van der Waals surface area contributed by atoms with Crippen LogP contribution in [0.3, 0.4) is 0 Å². The van der Waals surface area contributed by atoms with Gasteiger partial charge < -0.3 is 10.1 Å². The molecule has 0 saturated heterocycles. The van der Waals surface area contributed by atoms with E-state index in [0.717, 1.165) is 24.1 Å². The lowest BCUT2D eigenvalue weighted by Crippen LogP contribution is -2.24. The Kier molecular flexibility index (Phi) is 4.80. The largest absolute Gasteiger partial charge is 0.445 e. The third kappa shape index (κ3) is 3.65. The maximum Gasteiger partial charge on any atom is 0.407 e. The van der Waals surface area contributed by atoms with E-state index < -0.39 is 6.09 Å². The average molecular weight is 387 g/mol. The summed E-state index contributed by atoms with van der Waals surface area (Å²) in [4.78, 5) is 12.0. The molecule has 5 rings (SSSR count). The lowest BCUT2D eigenvalue weighted by atomic mass is 9.99. The molecule has 1 N–H and O–H groups in total. The molecule has 0 saturated carbocycles. The van der Waals surface area contributed by atoms with Crippen LogP contribution in [0.5, 0.6) is 0 Å². The van der Waals surface area contributed by atoms with Gasteiger partial charge in [-0.3, -0.25) is 0 Å². The maximum atomic E-state index is 12.0. The van der Waals surface area contributed by atoms with Crippen LogP contribution in [-0.2, 0) is 43.6 Å². The minimum absolute atomic E-state index is 0.267. The van der Waals surface area contributed by atoms with Crippen molar-refractivity contribution in [1.29, 1.82) is 0 Å². The van der Waals surface area contributed by atoms with Crippen molar-refractivity contribution in [2.75, 3.05) is 0 Å². The number of hydrogen-bond donors (Lipinski definition) is 1. The Morgan fingerprint density at radius 2 is 1.72 bits per heavy atom. The van der Waals surface area contributed by atoms with Gasteiger partial charge in [-0.1, -0.05) is 36.4 Å². The van der Waals surface area contributed by atoms with Crippen LogP contribution in [0.1, 0.15) is 46.4 Å². The number of amides is 1. The average Bonchev–Trinajstić information content (AvgIpc) is 3.50. The molecule has 0 fully saturated rings. The molecule has 2 aromatic carbocycles. The highest BCUT2D eigenvalue weighted by Crippen LogP contribution is 2.37. The van der Waals surface area contributed by atoms with Gasteiger partial charge in [-0.15, -0.1) is 0 Å². The van der Waals surface area contributed by atoms with Gasteiger partial charge in [0.25, 0.3) is 0 Å². The fraction of sp³-hybridized carbons (Fsp3) is 0.333. The molecular weight excluding hydrogens is 362 g/mol. The van der Waals surface area contributed by atoms with Crippen molar-refractivity contribution in [2.24, 2.45) is 0 Å². The molecule has 3 aromatic rings. The van der Waals surface area contributed by atoms with E-state index in [4.69, 9.17) is 9.84 Å². The van der Waals surface area contributed by atoms with Gasteiger partial charge in [-0.2, -0.15) is 5.10 Å². The molecule has 0 radical (unpaired) electrons. The van der Waals surface area contributed by atoms with E-state index in [1.54, 1.807) is 0 Å². The van der Waals surface area contributed by atoms with Crippen molar-refractivity contribution < 1.29 is 9.53 Å². The highest BCUT2D eigenvalue weighted by molar-refractivity contribution is 5.67. The fourth-order valence-corrected chi connectivity index (χ4v) is 4.58. The molecule has 0 bridgehead atoms. The van der Waals surface area contributed by atoms with Crippen molar-refractivity contribution in [3.63, 3.8) is 0 Å². The number of aromatic nitrogens is 2. The van der Waals surface area contributed by atoms with Crippen LogP contribution in [0, 0.1) is 0 Å². The zero-order valence-electron chi connectivity index (χ0n) is 16.5. The first-order valence-electron chi connectivity index (χ1n) is 10.4. The van der Waals surface area contributed by atoms with Crippen molar-refractivity contribution in [2.45, 2.75) is 51.7 Å². The van der Waals surface area contributed by atoms with Gasteiger partial charge in [0.15, 0.2) is 0 Å². The van der Waals surface area contributed by atoms with E-state index in [2.05, 4.69) is 11.4 Å². The first-order chi connectivity index (χ1) is 14.3. The van der Waals surface area contributed by atoms with E-state index >= 15 is 0 Å². The molecule has 5 heteroatoms. The predicted molar refractivity (Wildman–Crippen MR) is 111 cm³/mol. The molecule has 1 amide bonds. The number of aryl methyl sites for hydroxylation is 2. The van der Waals surface area contributed by atoms with Gasteiger partial charge in [0, 0.05) is 6.20 Å². The van der Waals surface area contributed by atoms with Gasteiger partial charge in [-0.25, -0.2) is 9.48 Å². The fourth-order valence-electron chi connectivity index (χ4n) is 4.58. The molecule has 2 aliphatic rings. The number of ether oxygens (including phenoxy) is 1. The summed E-state index contributed by atoms with van der Waals surface area (Å²) >= 11 is 0. The summed E-state index contributed by atoms with van der Waals surface area (Å²) in [6.45, 7) is 0.626. The van der Waals surface area contributed by atoms with Crippen molar-refractivity contribution in [3.05, 3.63) is 82.2 Å². The molecule has 148 valence electrons. The Balaban J connectivity index is 1.27. The maximum absolute atomic E-state index is 12.0. The van der Waals surface area contributed by atoms with Crippen LogP contribution >= 0.6 is 0 Å². The third-order valence-electron chi connectivity index (χ3n) is 5.94. The topological polar surface area (TPSA) is 56.2 Å². The summed E-state index contributed by atoms with van der Waals surface area (Å²) in [5.74, 6) is 0. The van der Waals surface area contributed by atoms with Crippen LogP contribution < -0.4 is 5.32 Å². The van der Waals surface area contributed by atoms with Crippen molar-refractivity contribution >= 4 is 6.09 Å². The van der Waals surface area contributed by atoms with E-state index in [1.165, 1.54) is 53.6 Å². The Morgan fingerprint density at radius 3 is 2.45 bits per heavy atom. The number of carbonyl (C=O) groups is 1. The number of benzene rings is 2. The van der Waals surface area contributed by atoms with Crippen LogP contribution in [0.2, 0.25) is 0 Å². The van der Waals surface area contributed by atoms with Gasteiger partial charge in [-0.05, 0) is 72.4 Å². The quantitative estimate of drug-likeness (QED) is 0.711. The number of fused-ring (bicyclic) bond motifs is 2. The molecule has 1 heterocycles. The lowest BCUT2D eigenvalue weighted by Gasteiger charge is -2.15. The van der Waals surface area contributed by atoms with Gasteiger partial charge in [0.1, 0.15) is 6.61 Å². The minimum Gasteiger partial charge on any atom is -0.445 e. The zero-order chi connectivity index (χ0) is 19.6. The van der Waals surface area contributed by atoms with E-state index in [0.29, 0.717) is 6.54 Å². The van der Waals surface area contributed by atoms with E-state index in [-0.39, 0.29) is 6.61 Å². The molecule has 2 aliphatic carbocycles. The third-order valence-corrected chi connectivity index (χ3v) is 5.94. The molecule has 0 aliphatic heterocycles. The summed E-state index contributed by atoms with van der Waals surface area (Å²) in [7, 11) is 0. The number of carbonyl (C=O) groups excluding carboxylic acids is 1. The number of nitrogens with one attached hydrogen (secondary N) is 1. The van der Waals surface area contributed by atoms with Gasteiger partial charge in [0.05, 0.1) is 17.9 Å². The van der Waals surface area contributed by atoms with Gasteiger partial charge in [0.2, 0.25) is 0 Å². The highest BCUT2D eigenvalue weighted by Gasteiger charge is 2.25. The minimum atomic E-state index is -0.426.